The van der Waals surface area contributed by atoms with Crippen molar-refractivity contribution >= 4 is 0 Å². The van der Waals surface area contributed by atoms with Gasteiger partial charge in [-0.05, 0) is 0 Å². The van der Waals surface area contributed by atoms with E-state index < -0.39 is 0 Å². The molecule has 0 aromatic rings. The van der Waals surface area contributed by atoms with Crippen LogP contribution in [-0.4, -0.2) is 11.7 Å². The van der Waals surface area contributed by atoms with Crippen LogP contribution in [0.4, 0.5) is 0 Å². The van der Waals surface area contributed by atoms with Gasteiger partial charge in [-0.25, -0.2) is 0 Å². The SMILES string of the molecule is C=[C+]CO. The molecule has 0 atom stereocenters. The molecular weight excluding hydrogens is 52.0 g/mol. The first kappa shape index (κ1) is 3.61. The third-order valence-corrected chi connectivity index (χ3v) is 0.112. The highest BCUT2D eigenvalue weighted by Crippen LogP contribution is 1.43. The number of aliphatic hydroxyl groups excluding tert-OH is 1. The van der Waals surface area contributed by atoms with Gasteiger partial charge in [0.2, 0.25) is 6.08 Å². The van der Waals surface area contributed by atoms with Crippen molar-refractivity contribution in [2.24, 2.45) is 0 Å². The fourth-order valence-corrected chi connectivity index (χ4v) is 0. The minimum Gasteiger partial charge on any atom is -0.348 e. The average Bonchev–Trinajstić information content (AvgIpc) is 1.37. The van der Waals surface area contributed by atoms with Gasteiger partial charge in [-0.2, -0.15) is 0 Å². The highest BCUT2D eigenvalue weighted by atomic mass is 16.2. The summed E-state index contributed by atoms with van der Waals surface area (Å²) in [5.41, 5.74) is 0. The lowest BCUT2D eigenvalue weighted by Gasteiger charge is -1.42. The maximum Gasteiger partial charge on any atom is 0.263 e. The monoisotopic (exact) mass is 57.0 g/mol. The summed E-state index contributed by atoms with van der Waals surface area (Å²) in [6.07, 6.45) is 2.24. The van der Waals surface area contributed by atoms with E-state index in [2.05, 4.69) is 12.7 Å². The average molecular weight is 57.1 g/mol. The molecule has 1 nitrogen and oxygen atoms in total. The minimum absolute atomic E-state index is 0.0417. The maximum absolute atomic E-state index is 7.70. The normalized spacial score (nSPS) is 5.25. The Balaban J connectivity index is 2.30. The molecule has 1 N–H and O–H groups in total. The second kappa shape index (κ2) is 2.61. The van der Waals surface area contributed by atoms with Gasteiger partial charge in [0.05, 0.1) is 0 Å². The van der Waals surface area contributed by atoms with Gasteiger partial charge in [-0.3, -0.25) is 0 Å². The van der Waals surface area contributed by atoms with Crippen LogP contribution in [0.25, 0.3) is 0 Å². The molecule has 0 fully saturated rings. The van der Waals surface area contributed by atoms with Crippen LogP contribution in [0.3, 0.4) is 0 Å². The van der Waals surface area contributed by atoms with Crippen LogP contribution in [0, 0.1) is 6.08 Å². The maximum atomic E-state index is 7.70. The summed E-state index contributed by atoms with van der Waals surface area (Å²) >= 11 is 0. The third-order valence-electron chi connectivity index (χ3n) is 0.112. The van der Waals surface area contributed by atoms with Crippen molar-refractivity contribution in [3.63, 3.8) is 0 Å². The lowest BCUT2D eigenvalue weighted by Crippen LogP contribution is -1.64. The smallest absolute Gasteiger partial charge is 0.263 e. The molecule has 0 aliphatic carbocycles. The van der Waals surface area contributed by atoms with Gasteiger partial charge in [0.25, 0.3) is 6.61 Å². The fraction of sp³-hybridized carbons (Fsp3) is 0.333. The molecule has 0 spiro atoms. The van der Waals surface area contributed by atoms with Crippen molar-refractivity contribution in [1.82, 2.24) is 0 Å². The van der Waals surface area contributed by atoms with Crippen molar-refractivity contribution in [2.75, 3.05) is 6.61 Å². The van der Waals surface area contributed by atoms with Crippen LogP contribution in [0.1, 0.15) is 0 Å². The quantitative estimate of drug-likeness (QED) is 0.419. The van der Waals surface area contributed by atoms with Crippen molar-refractivity contribution in [1.29, 1.82) is 0 Å². The highest BCUT2D eigenvalue weighted by Gasteiger charge is 1.67. The molecule has 0 aromatic heterocycles. The Hall–Kier alpha value is -0.390. The Morgan fingerprint density at radius 3 is 2.25 bits per heavy atom. The zero-order valence-corrected chi connectivity index (χ0v) is 2.36. The molecule has 0 aromatic carbocycles. The molecular formula is C3H5O+. The molecule has 0 aliphatic heterocycles. The van der Waals surface area contributed by atoms with Crippen molar-refractivity contribution in [3.8, 4) is 0 Å². The molecule has 0 aliphatic rings. The zero-order valence-electron chi connectivity index (χ0n) is 2.36. The van der Waals surface area contributed by atoms with E-state index in [4.69, 9.17) is 5.11 Å². The molecule has 4 heavy (non-hydrogen) atoms. The van der Waals surface area contributed by atoms with E-state index >= 15 is 0 Å². The predicted molar refractivity (Wildman–Crippen MR) is 16.0 cm³/mol. The van der Waals surface area contributed by atoms with E-state index in [-0.39, 0.29) is 6.61 Å². The molecule has 0 saturated heterocycles. The number of hydrogen-bond acceptors (Lipinski definition) is 1. The Kier molecular flexibility index (Phi) is 2.36. The van der Waals surface area contributed by atoms with Crippen molar-refractivity contribution < 1.29 is 5.11 Å². The molecule has 1 heteroatoms. The second-order valence-corrected chi connectivity index (χ2v) is 0.408. The summed E-state index contributed by atoms with van der Waals surface area (Å²) in [6, 6.07) is 0. The van der Waals surface area contributed by atoms with Crippen LogP contribution in [0.15, 0.2) is 6.58 Å². The second-order valence-electron chi connectivity index (χ2n) is 0.408. The van der Waals surface area contributed by atoms with Crippen LogP contribution < -0.4 is 0 Å². The molecule has 0 heterocycles. The highest BCUT2D eigenvalue weighted by molar-refractivity contribution is 4.47. The van der Waals surface area contributed by atoms with E-state index in [1.54, 1.807) is 0 Å². The molecule has 22 valence electrons. The Morgan fingerprint density at radius 1 is 2.00 bits per heavy atom. The first-order valence-corrected chi connectivity index (χ1v) is 1.02. The topological polar surface area (TPSA) is 20.2 Å². The summed E-state index contributed by atoms with van der Waals surface area (Å²) in [7, 11) is 0. The fourth-order valence-electron chi connectivity index (χ4n) is 0. The van der Waals surface area contributed by atoms with E-state index in [1.165, 1.54) is 0 Å². The molecule has 0 rings (SSSR count). The molecule has 0 bridgehead atoms. The standard InChI is InChI=1S/C3H5O/c1-2-3-4/h4H,1,3H2/q+1. The molecule has 0 saturated carbocycles. The van der Waals surface area contributed by atoms with E-state index in [9.17, 15) is 0 Å². The van der Waals surface area contributed by atoms with E-state index in [0.29, 0.717) is 0 Å². The number of rotatable bonds is 1. The van der Waals surface area contributed by atoms with Crippen molar-refractivity contribution in [3.05, 3.63) is 12.7 Å². The Bertz CT molecular complexity index is 17.2. The lowest BCUT2D eigenvalue weighted by molar-refractivity contribution is 0.337. The number of aliphatic hydroxyl groups is 1. The molecule has 0 amide bonds. The van der Waals surface area contributed by atoms with Crippen LogP contribution in [-0.2, 0) is 0 Å². The zero-order chi connectivity index (χ0) is 3.41. The third kappa shape index (κ3) is 1.61. The van der Waals surface area contributed by atoms with Crippen molar-refractivity contribution in [2.45, 2.75) is 0 Å². The van der Waals surface area contributed by atoms with Crippen LogP contribution >= 0.6 is 0 Å². The van der Waals surface area contributed by atoms with Gasteiger partial charge in [-0.1, -0.05) is 0 Å². The predicted octanol–water partition coefficient (Wildman–Crippen LogP) is -0.0321. The van der Waals surface area contributed by atoms with Crippen LogP contribution in [0.5, 0.6) is 0 Å². The Morgan fingerprint density at radius 2 is 2.25 bits per heavy atom. The summed E-state index contributed by atoms with van der Waals surface area (Å²) < 4.78 is 0. The summed E-state index contributed by atoms with van der Waals surface area (Å²) in [4.78, 5) is 0. The van der Waals surface area contributed by atoms with Gasteiger partial charge in [-0.15, -0.1) is 0 Å². The minimum atomic E-state index is -0.0417. The summed E-state index contributed by atoms with van der Waals surface area (Å²) in [6.45, 7) is 3.06. The van der Waals surface area contributed by atoms with E-state index in [0.717, 1.165) is 0 Å². The van der Waals surface area contributed by atoms with Gasteiger partial charge < -0.3 is 5.11 Å². The van der Waals surface area contributed by atoms with E-state index in [1.807, 2.05) is 0 Å². The summed E-state index contributed by atoms with van der Waals surface area (Å²) in [5, 5.41) is 7.70. The molecule has 0 radical (unpaired) electrons. The first-order chi connectivity index (χ1) is 1.91. The summed E-state index contributed by atoms with van der Waals surface area (Å²) in [5.74, 6) is 0. The molecule has 0 unspecified atom stereocenters. The van der Waals surface area contributed by atoms with Gasteiger partial charge in [0.1, 0.15) is 6.58 Å². The Labute approximate surface area is 25.6 Å². The largest absolute Gasteiger partial charge is 0.348 e. The van der Waals surface area contributed by atoms with Gasteiger partial charge in [0, 0.05) is 0 Å². The van der Waals surface area contributed by atoms with Gasteiger partial charge >= 0.3 is 0 Å². The number of hydrogen-bond donors (Lipinski definition) is 1. The van der Waals surface area contributed by atoms with Gasteiger partial charge in [0.15, 0.2) is 0 Å². The first-order valence-electron chi connectivity index (χ1n) is 1.02. The lowest BCUT2D eigenvalue weighted by atomic mass is 10.7. The van der Waals surface area contributed by atoms with Crippen LogP contribution in [0.2, 0.25) is 0 Å².